The Labute approximate surface area is 80.6 Å². The number of aliphatic carboxylic acids is 1. The molecule has 0 bridgehead atoms. The second-order valence-electron chi connectivity index (χ2n) is 2.93. The highest BCUT2D eigenvalue weighted by Crippen LogP contribution is 2.25. The molecule has 0 heterocycles. The third kappa shape index (κ3) is 1.67. The number of hydrogen-bond acceptors (Lipinski definition) is 2. The first-order valence-electron chi connectivity index (χ1n) is 3.96. The van der Waals surface area contributed by atoms with Gasteiger partial charge in [-0.1, -0.05) is 35.4 Å². The third-order valence-corrected chi connectivity index (χ3v) is 2.00. The van der Waals surface area contributed by atoms with E-state index in [4.69, 9.17) is 10.6 Å². The van der Waals surface area contributed by atoms with E-state index in [1.807, 2.05) is 0 Å². The van der Waals surface area contributed by atoms with Gasteiger partial charge in [0.1, 0.15) is 0 Å². The van der Waals surface area contributed by atoms with E-state index in [0.29, 0.717) is 5.56 Å². The zero-order chi connectivity index (χ0) is 10.6. The minimum Gasteiger partial charge on any atom is -0.480 e. The van der Waals surface area contributed by atoms with Gasteiger partial charge in [-0.25, -0.2) is 0 Å². The molecule has 72 valence electrons. The minimum atomic E-state index is -1.53. The predicted octanol–water partition coefficient (Wildman–Crippen LogP) is 2.30. The molecule has 1 rings (SSSR count). The zero-order valence-electron chi connectivity index (χ0n) is 7.58. The van der Waals surface area contributed by atoms with Crippen molar-refractivity contribution in [2.75, 3.05) is 0 Å². The normalized spacial score (nSPS) is 13.8. The molecule has 0 aromatic heterocycles. The number of hydrogen-bond donors (Lipinski definition) is 1. The Kier molecular flexibility index (Phi) is 2.74. The summed E-state index contributed by atoms with van der Waals surface area (Å²) in [6.45, 7) is 1.37. The zero-order valence-corrected chi connectivity index (χ0v) is 7.58. The van der Waals surface area contributed by atoms with Crippen molar-refractivity contribution >= 4 is 5.97 Å². The van der Waals surface area contributed by atoms with Crippen LogP contribution in [-0.4, -0.2) is 11.1 Å². The fraction of sp³-hybridized carbons (Fsp3) is 0.222. The van der Waals surface area contributed by atoms with E-state index in [1.54, 1.807) is 30.3 Å². The summed E-state index contributed by atoms with van der Waals surface area (Å²) in [7, 11) is 0. The lowest BCUT2D eigenvalue weighted by Gasteiger charge is -2.18. The molecule has 0 spiro atoms. The van der Waals surface area contributed by atoms with Gasteiger partial charge < -0.3 is 5.11 Å². The standard InChI is InChI=1S/C9H9N3O2/c1-9(8(13)14,11-12-10)7-5-3-2-4-6-7/h2-6H,1H3,(H,13,14)/t9-/m0/s1. The second-order valence-corrected chi connectivity index (χ2v) is 2.93. The van der Waals surface area contributed by atoms with Crippen molar-refractivity contribution in [2.24, 2.45) is 5.11 Å². The van der Waals surface area contributed by atoms with Gasteiger partial charge in [0.05, 0.1) is 0 Å². The molecule has 0 saturated heterocycles. The van der Waals surface area contributed by atoms with Gasteiger partial charge >= 0.3 is 5.97 Å². The van der Waals surface area contributed by atoms with Crippen LogP contribution in [0.5, 0.6) is 0 Å². The number of nitrogens with zero attached hydrogens (tertiary/aromatic N) is 3. The van der Waals surface area contributed by atoms with Crippen LogP contribution in [0.15, 0.2) is 35.4 Å². The van der Waals surface area contributed by atoms with Gasteiger partial charge in [0.25, 0.3) is 0 Å². The lowest BCUT2D eigenvalue weighted by Crippen LogP contribution is -2.29. The number of carboxylic acid groups (broad SMARTS) is 1. The first kappa shape index (κ1) is 10.1. The molecule has 0 aliphatic carbocycles. The van der Waals surface area contributed by atoms with Crippen LogP contribution in [0.25, 0.3) is 10.4 Å². The van der Waals surface area contributed by atoms with Gasteiger partial charge in [-0.2, -0.15) is 0 Å². The molecule has 5 nitrogen and oxygen atoms in total. The molecule has 0 aliphatic rings. The summed E-state index contributed by atoms with van der Waals surface area (Å²) >= 11 is 0. The van der Waals surface area contributed by atoms with Crippen LogP contribution < -0.4 is 0 Å². The first-order valence-corrected chi connectivity index (χ1v) is 3.96. The lowest BCUT2D eigenvalue weighted by molar-refractivity contribution is -0.142. The van der Waals surface area contributed by atoms with Crippen molar-refractivity contribution in [3.8, 4) is 0 Å². The summed E-state index contributed by atoms with van der Waals surface area (Å²) in [5, 5.41) is 12.3. The summed E-state index contributed by atoms with van der Waals surface area (Å²) in [6.07, 6.45) is 0. The van der Waals surface area contributed by atoms with Gasteiger partial charge in [-0.15, -0.1) is 0 Å². The average Bonchev–Trinajstić information content (AvgIpc) is 2.19. The fourth-order valence-electron chi connectivity index (χ4n) is 1.08. The summed E-state index contributed by atoms with van der Waals surface area (Å²) < 4.78 is 0. The Morgan fingerprint density at radius 3 is 2.50 bits per heavy atom. The van der Waals surface area contributed by atoms with Crippen LogP contribution >= 0.6 is 0 Å². The molecule has 14 heavy (non-hydrogen) atoms. The summed E-state index contributed by atoms with van der Waals surface area (Å²) in [4.78, 5) is 13.5. The number of carboxylic acids is 1. The van der Waals surface area contributed by atoms with Gasteiger partial charge in [-0.05, 0) is 18.0 Å². The molecule has 0 aliphatic heterocycles. The Bertz CT molecular complexity index is 380. The molecule has 1 atom stereocenters. The van der Waals surface area contributed by atoms with Crippen LogP contribution in [0, 0.1) is 0 Å². The van der Waals surface area contributed by atoms with Gasteiger partial charge in [0, 0.05) is 4.91 Å². The van der Waals surface area contributed by atoms with Crippen LogP contribution in [-0.2, 0) is 10.3 Å². The molecule has 1 aromatic carbocycles. The minimum absolute atomic E-state index is 0.463. The van der Waals surface area contributed by atoms with Gasteiger partial charge in [0.15, 0.2) is 5.54 Å². The van der Waals surface area contributed by atoms with E-state index in [-0.39, 0.29) is 0 Å². The Morgan fingerprint density at radius 2 is 2.07 bits per heavy atom. The number of rotatable bonds is 3. The number of benzene rings is 1. The first-order chi connectivity index (χ1) is 6.61. The average molecular weight is 191 g/mol. The molecule has 0 fully saturated rings. The van der Waals surface area contributed by atoms with E-state index in [2.05, 4.69) is 10.0 Å². The maximum absolute atomic E-state index is 10.9. The number of azide groups is 1. The molecular weight excluding hydrogens is 182 g/mol. The molecule has 0 saturated carbocycles. The van der Waals surface area contributed by atoms with Gasteiger partial charge in [0.2, 0.25) is 0 Å². The monoisotopic (exact) mass is 191 g/mol. The topological polar surface area (TPSA) is 86.1 Å². The fourth-order valence-corrected chi connectivity index (χ4v) is 1.08. The van der Waals surface area contributed by atoms with Crippen LogP contribution in [0.1, 0.15) is 12.5 Å². The summed E-state index contributed by atoms with van der Waals surface area (Å²) in [6, 6.07) is 8.39. The van der Waals surface area contributed by atoms with E-state index >= 15 is 0 Å². The van der Waals surface area contributed by atoms with Crippen molar-refractivity contribution in [3.63, 3.8) is 0 Å². The summed E-state index contributed by atoms with van der Waals surface area (Å²) in [5.41, 5.74) is 7.24. The second kappa shape index (κ2) is 3.81. The van der Waals surface area contributed by atoms with E-state index in [9.17, 15) is 4.79 Å². The van der Waals surface area contributed by atoms with Crippen LogP contribution in [0.2, 0.25) is 0 Å². The van der Waals surface area contributed by atoms with E-state index in [1.165, 1.54) is 6.92 Å². The Hall–Kier alpha value is -2.00. The van der Waals surface area contributed by atoms with Gasteiger partial charge in [-0.3, -0.25) is 4.79 Å². The highest BCUT2D eigenvalue weighted by Gasteiger charge is 2.33. The van der Waals surface area contributed by atoms with Crippen LogP contribution in [0.4, 0.5) is 0 Å². The quantitative estimate of drug-likeness (QED) is 0.451. The maximum atomic E-state index is 10.9. The molecule has 5 heteroatoms. The molecular formula is C9H9N3O2. The lowest BCUT2D eigenvalue weighted by atomic mass is 9.93. The largest absolute Gasteiger partial charge is 0.480 e. The van der Waals surface area contributed by atoms with Crippen molar-refractivity contribution in [3.05, 3.63) is 46.3 Å². The van der Waals surface area contributed by atoms with Crippen molar-refractivity contribution in [2.45, 2.75) is 12.5 Å². The molecule has 1 N–H and O–H groups in total. The number of carbonyl (C=O) groups is 1. The van der Waals surface area contributed by atoms with Crippen LogP contribution in [0.3, 0.4) is 0 Å². The third-order valence-electron chi connectivity index (χ3n) is 2.00. The Morgan fingerprint density at radius 1 is 1.50 bits per heavy atom. The smallest absolute Gasteiger partial charge is 0.319 e. The van der Waals surface area contributed by atoms with Crippen molar-refractivity contribution in [1.82, 2.24) is 0 Å². The maximum Gasteiger partial charge on any atom is 0.319 e. The predicted molar refractivity (Wildman–Crippen MR) is 50.6 cm³/mol. The SMILES string of the molecule is C[C@@](N=[N+]=[N-])(C(=O)O)c1ccccc1. The van der Waals surface area contributed by atoms with Crippen molar-refractivity contribution in [1.29, 1.82) is 0 Å². The highest BCUT2D eigenvalue weighted by molar-refractivity contribution is 5.80. The molecule has 0 unspecified atom stereocenters. The van der Waals surface area contributed by atoms with Crippen molar-refractivity contribution < 1.29 is 9.90 Å². The molecule has 0 amide bonds. The Balaban J connectivity index is 3.26. The molecule has 0 radical (unpaired) electrons. The molecule has 1 aromatic rings. The van der Waals surface area contributed by atoms with E-state index < -0.39 is 11.5 Å². The summed E-state index contributed by atoms with van der Waals surface area (Å²) in [5.74, 6) is -1.17. The highest BCUT2D eigenvalue weighted by atomic mass is 16.4. The van der Waals surface area contributed by atoms with E-state index in [0.717, 1.165) is 0 Å².